The summed E-state index contributed by atoms with van der Waals surface area (Å²) < 4.78 is 0. The number of aromatic nitrogens is 3. The van der Waals surface area contributed by atoms with Crippen LogP contribution in [0.1, 0.15) is 19.7 Å². The Morgan fingerprint density at radius 3 is 2.18 bits per heavy atom. The Hall–Kier alpha value is -0.900. The molecule has 0 amide bonds. The number of nitrogens with zero attached hydrogens (tertiary/aromatic N) is 3. The van der Waals surface area contributed by atoms with Crippen molar-refractivity contribution in [3.8, 4) is 0 Å². The van der Waals surface area contributed by atoms with Crippen LogP contribution in [0.15, 0.2) is 0 Å². The molecule has 0 aliphatic carbocycles. The van der Waals surface area contributed by atoms with Crippen LogP contribution in [0.25, 0.3) is 0 Å². The SMILES string of the molecule is CC.Cc1nnc(Cl)c(N)n1. The van der Waals surface area contributed by atoms with Crippen molar-refractivity contribution in [3.63, 3.8) is 0 Å². The molecule has 0 unspecified atom stereocenters. The number of aryl methyl sites for hydroxylation is 1. The van der Waals surface area contributed by atoms with E-state index in [1.54, 1.807) is 6.92 Å². The summed E-state index contributed by atoms with van der Waals surface area (Å²) >= 11 is 5.42. The third-order valence-corrected chi connectivity index (χ3v) is 1.05. The van der Waals surface area contributed by atoms with Gasteiger partial charge in [0.2, 0.25) is 0 Å². The Kier molecular flexibility index (Phi) is 4.45. The number of hydrogen-bond donors (Lipinski definition) is 1. The molecule has 5 heteroatoms. The normalized spacial score (nSPS) is 8.36. The molecule has 0 radical (unpaired) electrons. The van der Waals surface area contributed by atoms with Crippen LogP contribution in [-0.2, 0) is 0 Å². The van der Waals surface area contributed by atoms with Gasteiger partial charge >= 0.3 is 0 Å². The molecule has 0 aliphatic rings. The summed E-state index contributed by atoms with van der Waals surface area (Å²) in [5.74, 6) is 0.751. The van der Waals surface area contributed by atoms with Gasteiger partial charge in [-0.2, -0.15) is 0 Å². The van der Waals surface area contributed by atoms with E-state index in [0.29, 0.717) is 5.82 Å². The van der Waals surface area contributed by atoms with Crippen LogP contribution in [0.2, 0.25) is 5.15 Å². The van der Waals surface area contributed by atoms with E-state index in [4.69, 9.17) is 17.3 Å². The summed E-state index contributed by atoms with van der Waals surface area (Å²) in [6, 6.07) is 0. The van der Waals surface area contributed by atoms with Crippen LogP contribution in [0, 0.1) is 6.92 Å². The van der Waals surface area contributed by atoms with Crippen LogP contribution in [0.5, 0.6) is 0 Å². The second-order valence-electron chi connectivity index (χ2n) is 1.54. The highest BCUT2D eigenvalue weighted by Gasteiger charge is 1.97. The van der Waals surface area contributed by atoms with Crippen molar-refractivity contribution in [2.75, 3.05) is 5.73 Å². The number of nitrogen functional groups attached to an aromatic ring is 1. The monoisotopic (exact) mass is 174 g/mol. The van der Waals surface area contributed by atoms with Gasteiger partial charge in [0.1, 0.15) is 5.82 Å². The molecule has 1 aromatic rings. The first-order valence-electron chi connectivity index (χ1n) is 3.32. The Balaban J connectivity index is 0.000000461. The molecule has 0 bridgehead atoms. The zero-order valence-corrected chi connectivity index (χ0v) is 7.55. The molecule has 11 heavy (non-hydrogen) atoms. The Labute approximate surface area is 70.8 Å². The van der Waals surface area contributed by atoms with E-state index in [1.807, 2.05) is 13.8 Å². The first-order valence-corrected chi connectivity index (χ1v) is 3.70. The molecular weight excluding hydrogens is 164 g/mol. The molecule has 0 saturated heterocycles. The molecule has 0 saturated carbocycles. The zero-order valence-electron chi connectivity index (χ0n) is 6.80. The smallest absolute Gasteiger partial charge is 0.193 e. The van der Waals surface area contributed by atoms with Gasteiger partial charge in [0.15, 0.2) is 11.0 Å². The zero-order chi connectivity index (χ0) is 8.85. The number of rotatable bonds is 0. The molecule has 0 fully saturated rings. The first kappa shape index (κ1) is 10.1. The highest BCUT2D eigenvalue weighted by molar-refractivity contribution is 6.31. The van der Waals surface area contributed by atoms with Crippen molar-refractivity contribution in [1.82, 2.24) is 15.2 Å². The lowest BCUT2D eigenvalue weighted by Gasteiger charge is -1.92. The summed E-state index contributed by atoms with van der Waals surface area (Å²) in [7, 11) is 0. The number of anilines is 1. The highest BCUT2D eigenvalue weighted by Crippen LogP contribution is 2.08. The van der Waals surface area contributed by atoms with Crippen molar-refractivity contribution in [2.45, 2.75) is 20.8 Å². The van der Waals surface area contributed by atoms with E-state index < -0.39 is 0 Å². The predicted octanol–water partition coefficient (Wildman–Crippen LogP) is 1.44. The van der Waals surface area contributed by atoms with Gasteiger partial charge in [0.05, 0.1) is 0 Å². The minimum absolute atomic E-state index is 0.153. The molecule has 2 N–H and O–H groups in total. The standard InChI is InChI=1S/C4H5ClN4.C2H6/c1-2-7-4(6)3(5)9-8-2;1-2/h1H3,(H2,6,7,8);1-2H3. The van der Waals surface area contributed by atoms with Gasteiger partial charge in [0, 0.05) is 0 Å². The number of hydrogen-bond acceptors (Lipinski definition) is 4. The van der Waals surface area contributed by atoms with Gasteiger partial charge in [-0.15, -0.1) is 10.2 Å². The van der Waals surface area contributed by atoms with Gasteiger partial charge < -0.3 is 5.73 Å². The lowest BCUT2D eigenvalue weighted by Crippen LogP contribution is -1.98. The third-order valence-electron chi connectivity index (χ3n) is 0.776. The fourth-order valence-corrected chi connectivity index (χ4v) is 0.490. The molecule has 1 aromatic heterocycles. The molecular formula is C6H11ClN4. The van der Waals surface area contributed by atoms with Crippen molar-refractivity contribution in [3.05, 3.63) is 11.0 Å². The van der Waals surface area contributed by atoms with E-state index in [-0.39, 0.29) is 11.0 Å². The maximum absolute atomic E-state index is 5.42. The average molecular weight is 175 g/mol. The summed E-state index contributed by atoms with van der Waals surface area (Å²) in [4.78, 5) is 3.75. The fourth-order valence-electron chi connectivity index (χ4n) is 0.410. The quantitative estimate of drug-likeness (QED) is 0.647. The topological polar surface area (TPSA) is 64.7 Å². The molecule has 4 nitrogen and oxygen atoms in total. The van der Waals surface area contributed by atoms with E-state index in [2.05, 4.69) is 15.2 Å². The maximum atomic E-state index is 5.42. The van der Waals surface area contributed by atoms with E-state index >= 15 is 0 Å². The van der Waals surface area contributed by atoms with E-state index in [9.17, 15) is 0 Å². The average Bonchev–Trinajstić information content (AvgIpc) is 2.02. The molecule has 0 aliphatic heterocycles. The molecule has 0 aromatic carbocycles. The van der Waals surface area contributed by atoms with E-state index in [0.717, 1.165) is 0 Å². The van der Waals surface area contributed by atoms with Crippen molar-refractivity contribution < 1.29 is 0 Å². The Morgan fingerprint density at radius 1 is 1.27 bits per heavy atom. The van der Waals surface area contributed by atoms with Crippen LogP contribution >= 0.6 is 11.6 Å². The van der Waals surface area contributed by atoms with E-state index in [1.165, 1.54) is 0 Å². The number of nitrogens with two attached hydrogens (primary N) is 1. The minimum Gasteiger partial charge on any atom is -0.381 e. The molecule has 0 atom stereocenters. The lowest BCUT2D eigenvalue weighted by molar-refractivity contribution is 0.915. The van der Waals surface area contributed by atoms with Crippen LogP contribution < -0.4 is 5.73 Å². The minimum atomic E-state index is 0.153. The molecule has 1 rings (SSSR count). The number of halogens is 1. The van der Waals surface area contributed by atoms with Crippen LogP contribution in [-0.4, -0.2) is 15.2 Å². The summed E-state index contributed by atoms with van der Waals surface area (Å²) in [5, 5.41) is 7.23. The van der Waals surface area contributed by atoms with Crippen LogP contribution in [0.3, 0.4) is 0 Å². The Morgan fingerprint density at radius 2 is 1.82 bits per heavy atom. The highest BCUT2D eigenvalue weighted by atomic mass is 35.5. The third kappa shape index (κ3) is 3.13. The van der Waals surface area contributed by atoms with Crippen molar-refractivity contribution in [1.29, 1.82) is 0 Å². The summed E-state index contributed by atoms with van der Waals surface area (Å²) in [6.07, 6.45) is 0. The summed E-state index contributed by atoms with van der Waals surface area (Å²) in [5.41, 5.74) is 5.28. The lowest BCUT2D eigenvalue weighted by atomic mass is 10.7. The predicted molar refractivity (Wildman–Crippen MR) is 45.3 cm³/mol. The van der Waals surface area contributed by atoms with Gasteiger partial charge in [-0.05, 0) is 6.92 Å². The van der Waals surface area contributed by atoms with Gasteiger partial charge in [-0.25, -0.2) is 4.98 Å². The van der Waals surface area contributed by atoms with Gasteiger partial charge in [-0.3, -0.25) is 0 Å². The maximum Gasteiger partial charge on any atom is 0.193 e. The largest absolute Gasteiger partial charge is 0.381 e. The van der Waals surface area contributed by atoms with Crippen molar-refractivity contribution >= 4 is 17.4 Å². The Bertz CT molecular complexity index is 226. The van der Waals surface area contributed by atoms with Gasteiger partial charge in [0.25, 0.3) is 0 Å². The van der Waals surface area contributed by atoms with Crippen molar-refractivity contribution in [2.24, 2.45) is 0 Å². The second-order valence-corrected chi connectivity index (χ2v) is 1.89. The van der Waals surface area contributed by atoms with Crippen LogP contribution in [0.4, 0.5) is 5.82 Å². The summed E-state index contributed by atoms with van der Waals surface area (Å²) in [6.45, 7) is 5.69. The second kappa shape index (κ2) is 4.85. The molecule has 0 spiro atoms. The molecule has 1 heterocycles. The fraction of sp³-hybridized carbons (Fsp3) is 0.500. The molecule has 62 valence electrons. The first-order chi connectivity index (χ1) is 5.20. The van der Waals surface area contributed by atoms with Gasteiger partial charge in [-0.1, -0.05) is 25.4 Å².